The number of amides is 1. The lowest BCUT2D eigenvalue weighted by atomic mass is 10.2. The van der Waals surface area contributed by atoms with Crippen LogP contribution in [0.25, 0.3) is 16.9 Å². The maximum atomic E-state index is 12.8. The Kier molecular flexibility index (Phi) is 4.92. The maximum absolute atomic E-state index is 12.8. The predicted octanol–water partition coefficient (Wildman–Crippen LogP) is 3.74. The Balaban J connectivity index is 1.73. The van der Waals surface area contributed by atoms with E-state index < -0.39 is 10.8 Å². The molecule has 0 aliphatic heterocycles. The highest BCUT2D eigenvalue weighted by molar-refractivity contribution is 6.34. The van der Waals surface area contributed by atoms with Crippen LogP contribution in [0.2, 0.25) is 5.02 Å². The van der Waals surface area contributed by atoms with Gasteiger partial charge in [0.2, 0.25) is 0 Å². The van der Waals surface area contributed by atoms with Crippen molar-refractivity contribution in [1.82, 2.24) is 24.4 Å². The second-order valence-corrected chi connectivity index (χ2v) is 6.89. The third kappa shape index (κ3) is 3.37. The average molecular weight is 426 g/mol. The number of anilines is 1. The minimum absolute atomic E-state index is 0.131. The lowest BCUT2D eigenvalue weighted by Gasteiger charge is -2.07. The van der Waals surface area contributed by atoms with Gasteiger partial charge in [0, 0.05) is 36.6 Å². The molecule has 3 heterocycles. The molecule has 0 aliphatic carbocycles. The minimum Gasteiger partial charge on any atom is -0.320 e. The largest absolute Gasteiger partial charge is 0.320 e. The molecule has 0 fully saturated rings. The van der Waals surface area contributed by atoms with Gasteiger partial charge in [-0.25, -0.2) is 9.50 Å². The highest BCUT2D eigenvalue weighted by Crippen LogP contribution is 2.28. The Morgan fingerprint density at radius 1 is 1.33 bits per heavy atom. The van der Waals surface area contributed by atoms with E-state index in [9.17, 15) is 14.9 Å². The number of fused-ring (bicyclic) bond motifs is 1. The first-order valence-electron chi connectivity index (χ1n) is 9.01. The zero-order chi connectivity index (χ0) is 21.4. The molecule has 1 aromatic carbocycles. The van der Waals surface area contributed by atoms with Crippen LogP contribution in [0.3, 0.4) is 0 Å². The van der Waals surface area contributed by atoms with Crippen molar-refractivity contribution in [3.8, 4) is 11.3 Å². The number of carbonyl (C=O) groups is 1. The minimum atomic E-state index is -0.562. The fraction of sp³-hybridized carbons (Fsp3) is 0.158. The van der Waals surface area contributed by atoms with Crippen molar-refractivity contribution in [2.45, 2.75) is 20.4 Å². The van der Waals surface area contributed by atoms with E-state index in [1.807, 2.05) is 24.7 Å². The van der Waals surface area contributed by atoms with E-state index in [0.29, 0.717) is 5.65 Å². The second-order valence-electron chi connectivity index (χ2n) is 6.48. The zero-order valence-electron chi connectivity index (χ0n) is 16.0. The molecule has 0 radical (unpaired) electrons. The van der Waals surface area contributed by atoms with Crippen molar-refractivity contribution >= 4 is 34.5 Å². The van der Waals surface area contributed by atoms with Crippen molar-refractivity contribution in [2.75, 3.05) is 5.32 Å². The van der Waals surface area contributed by atoms with Gasteiger partial charge >= 0.3 is 0 Å². The van der Waals surface area contributed by atoms with Gasteiger partial charge < -0.3 is 5.32 Å². The lowest BCUT2D eigenvalue weighted by Crippen LogP contribution is -2.12. The summed E-state index contributed by atoms with van der Waals surface area (Å²) in [7, 11) is 0. The number of aryl methyl sites for hydroxylation is 2. The number of nitro benzene ring substituents is 1. The van der Waals surface area contributed by atoms with E-state index in [1.165, 1.54) is 24.4 Å². The van der Waals surface area contributed by atoms with Crippen molar-refractivity contribution in [3.63, 3.8) is 0 Å². The summed E-state index contributed by atoms with van der Waals surface area (Å²) < 4.78 is 3.38. The van der Waals surface area contributed by atoms with E-state index in [0.717, 1.165) is 23.5 Å². The van der Waals surface area contributed by atoms with Crippen LogP contribution in [0.15, 0.2) is 42.9 Å². The molecule has 4 rings (SSSR count). The number of nitrogens with one attached hydrogen (secondary N) is 1. The number of carbonyl (C=O) groups excluding carboxylic acids is 1. The van der Waals surface area contributed by atoms with Gasteiger partial charge in [-0.15, -0.1) is 0 Å². The van der Waals surface area contributed by atoms with Crippen LogP contribution >= 0.6 is 11.6 Å². The third-order valence-corrected chi connectivity index (χ3v) is 4.93. The van der Waals surface area contributed by atoms with Crippen molar-refractivity contribution in [1.29, 1.82) is 0 Å². The first kappa shape index (κ1) is 19.5. The van der Waals surface area contributed by atoms with Crippen molar-refractivity contribution in [2.24, 2.45) is 0 Å². The summed E-state index contributed by atoms with van der Waals surface area (Å²) >= 11 is 6.08. The molecular weight excluding hydrogens is 410 g/mol. The van der Waals surface area contributed by atoms with Crippen LogP contribution in [0.1, 0.15) is 23.0 Å². The average Bonchev–Trinajstić information content (AvgIpc) is 3.32. The molecule has 0 atom stereocenters. The molecule has 30 heavy (non-hydrogen) atoms. The first-order chi connectivity index (χ1) is 14.4. The molecule has 152 valence electrons. The predicted molar refractivity (Wildman–Crippen MR) is 111 cm³/mol. The topological polar surface area (TPSA) is 120 Å². The van der Waals surface area contributed by atoms with Crippen molar-refractivity contribution in [3.05, 3.63) is 69.3 Å². The summed E-state index contributed by atoms with van der Waals surface area (Å²) in [6.45, 7) is 4.62. The molecule has 0 spiro atoms. The third-order valence-electron chi connectivity index (χ3n) is 4.60. The molecule has 0 saturated carbocycles. The van der Waals surface area contributed by atoms with Crippen LogP contribution in [0, 0.1) is 17.0 Å². The summed E-state index contributed by atoms with van der Waals surface area (Å²) in [6.07, 6.45) is 4.90. The summed E-state index contributed by atoms with van der Waals surface area (Å²) in [4.78, 5) is 27.6. The van der Waals surface area contributed by atoms with Crippen LogP contribution in [0.5, 0.6) is 0 Å². The van der Waals surface area contributed by atoms with Gasteiger partial charge in [0.15, 0.2) is 5.65 Å². The molecule has 0 saturated heterocycles. The van der Waals surface area contributed by atoms with E-state index in [4.69, 9.17) is 11.6 Å². The van der Waals surface area contributed by atoms with Gasteiger partial charge in [-0.2, -0.15) is 10.2 Å². The van der Waals surface area contributed by atoms with E-state index >= 15 is 0 Å². The zero-order valence-corrected chi connectivity index (χ0v) is 16.8. The number of hydrogen-bond donors (Lipinski definition) is 1. The van der Waals surface area contributed by atoms with Crippen LogP contribution in [0.4, 0.5) is 11.4 Å². The van der Waals surface area contributed by atoms with Gasteiger partial charge in [-0.3, -0.25) is 19.6 Å². The van der Waals surface area contributed by atoms with E-state index in [2.05, 4.69) is 20.5 Å². The quantitative estimate of drug-likeness (QED) is 0.384. The number of rotatable bonds is 5. The molecule has 1 N–H and O–H groups in total. The Morgan fingerprint density at radius 2 is 2.13 bits per heavy atom. The van der Waals surface area contributed by atoms with E-state index in [1.54, 1.807) is 16.8 Å². The highest BCUT2D eigenvalue weighted by Gasteiger charge is 2.20. The molecule has 4 aromatic rings. The Hall–Kier alpha value is -3.79. The van der Waals surface area contributed by atoms with Crippen LogP contribution in [-0.4, -0.2) is 35.2 Å². The van der Waals surface area contributed by atoms with Crippen LogP contribution < -0.4 is 5.32 Å². The highest BCUT2D eigenvalue weighted by atomic mass is 35.5. The lowest BCUT2D eigenvalue weighted by molar-refractivity contribution is -0.384. The molecule has 0 aliphatic rings. The summed E-state index contributed by atoms with van der Waals surface area (Å²) in [5.74, 6) is -0.530. The summed E-state index contributed by atoms with van der Waals surface area (Å²) in [6, 6.07) is 5.62. The number of benzene rings is 1. The molecule has 1 amide bonds. The number of hydrogen-bond acceptors (Lipinski definition) is 6. The normalized spacial score (nSPS) is 11.0. The van der Waals surface area contributed by atoms with Crippen LogP contribution in [-0.2, 0) is 6.54 Å². The summed E-state index contributed by atoms with van der Waals surface area (Å²) in [5.41, 5.74) is 2.94. The standard InChI is InChI=1S/C19H16ClN7O3/c1-3-25-10-14(11(2)24-25)17-6-7-21-18-13(9-22-26(17)18)19(28)23-16-8-12(27(29)30)4-5-15(16)20/h4-10H,3H2,1-2H3,(H,23,28). The number of aromatic nitrogens is 5. The smallest absolute Gasteiger partial charge is 0.271 e. The van der Waals surface area contributed by atoms with Gasteiger partial charge in [0.05, 0.1) is 33.2 Å². The maximum Gasteiger partial charge on any atom is 0.271 e. The molecule has 0 unspecified atom stereocenters. The Morgan fingerprint density at radius 3 is 2.83 bits per heavy atom. The molecule has 10 nitrogen and oxygen atoms in total. The fourth-order valence-electron chi connectivity index (χ4n) is 3.10. The molecule has 0 bridgehead atoms. The monoisotopic (exact) mass is 425 g/mol. The van der Waals surface area contributed by atoms with Crippen molar-refractivity contribution < 1.29 is 9.72 Å². The second kappa shape index (κ2) is 7.56. The Bertz CT molecular complexity index is 1290. The first-order valence-corrected chi connectivity index (χ1v) is 9.39. The Labute approximate surface area is 175 Å². The molecule has 11 heteroatoms. The van der Waals surface area contributed by atoms with Gasteiger partial charge in [-0.1, -0.05) is 11.6 Å². The summed E-state index contributed by atoms with van der Waals surface area (Å²) in [5, 5.41) is 22.5. The van der Waals surface area contributed by atoms with E-state index in [-0.39, 0.29) is 22.0 Å². The van der Waals surface area contributed by atoms with Gasteiger partial charge in [0.1, 0.15) is 5.56 Å². The number of non-ortho nitro benzene ring substituents is 1. The number of halogens is 1. The molecular formula is C19H16ClN7O3. The number of nitro groups is 1. The molecule has 3 aromatic heterocycles. The van der Waals surface area contributed by atoms with Gasteiger partial charge in [0.25, 0.3) is 11.6 Å². The fourth-order valence-corrected chi connectivity index (χ4v) is 3.26. The van der Waals surface area contributed by atoms with Gasteiger partial charge in [-0.05, 0) is 26.0 Å². The number of nitrogens with zero attached hydrogens (tertiary/aromatic N) is 6. The SMILES string of the molecule is CCn1cc(-c2ccnc3c(C(=O)Nc4cc([N+](=O)[O-])ccc4Cl)cnn23)c(C)n1.